The average molecular weight is 513 g/mol. The first-order valence-electron chi connectivity index (χ1n) is 12.9. The van der Waals surface area contributed by atoms with Crippen LogP contribution in [0.3, 0.4) is 0 Å². The van der Waals surface area contributed by atoms with Gasteiger partial charge in [0.1, 0.15) is 5.75 Å². The molecule has 1 N–H and O–H groups in total. The number of ether oxygens (including phenoxy) is 1. The number of benzene rings is 3. The van der Waals surface area contributed by atoms with Gasteiger partial charge in [-0.1, -0.05) is 12.1 Å². The number of aryl methyl sites for hydroxylation is 1. The number of anilines is 3. The Bertz CT molecular complexity index is 1310. The van der Waals surface area contributed by atoms with Gasteiger partial charge in [0.2, 0.25) is 11.8 Å². The molecule has 1 unspecified atom stereocenters. The molecule has 8 heteroatoms. The molecule has 0 spiro atoms. The van der Waals surface area contributed by atoms with Crippen LogP contribution in [0.25, 0.3) is 0 Å². The second kappa shape index (κ2) is 11.0. The molecule has 0 saturated carbocycles. The van der Waals surface area contributed by atoms with E-state index in [-0.39, 0.29) is 24.1 Å². The highest BCUT2D eigenvalue weighted by atomic mass is 16.5. The minimum Gasteiger partial charge on any atom is -0.497 e. The van der Waals surface area contributed by atoms with Crippen molar-refractivity contribution in [3.63, 3.8) is 0 Å². The predicted molar refractivity (Wildman–Crippen MR) is 148 cm³/mol. The number of carbonyl (C=O) groups excluding carboxylic acids is 3. The SMILES string of the molecule is COc1ccc(N2CC(C(=O)Nc3ccc(C(=O)N4CCN(c5cccc(C)c5)CC4)cc3)CC2=O)cc1. The van der Waals surface area contributed by atoms with E-state index in [4.69, 9.17) is 4.74 Å². The number of nitrogens with one attached hydrogen (secondary N) is 1. The zero-order chi connectivity index (χ0) is 26.6. The van der Waals surface area contributed by atoms with Crippen LogP contribution in [-0.2, 0) is 9.59 Å². The maximum atomic E-state index is 13.1. The Balaban J connectivity index is 1.14. The normalized spacial score (nSPS) is 17.5. The predicted octanol–water partition coefficient (Wildman–Crippen LogP) is 3.96. The second-order valence-corrected chi connectivity index (χ2v) is 9.79. The Kier molecular flexibility index (Phi) is 7.31. The Morgan fingerprint density at radius 3 is 2.26 bits per heavy atom. The molecule has 2 saturated heterocycles. The first-order chi connectivity index (χ1) is 18.4. The highest BCUT2D eigenvalue weighted by Gasteiger charge is 2.35. The van der Waals surface area contributed by atoms with Crippen LogP contribution >= 0.6 is 0 Å². The van der Waals surface area contributed by atoms with Crippen molar-refractivity contribution in [3.8, 4) is 5.75 Å². The van der Waals surface area contributed by atoms with Crippen molar-refractivity contribution in [1.29, 1.82) is 0 Å². The average Bonchev–Trinajstić information content (AvgIpc) is 3.35. The standard InChI is InChI=1S/C30H32N4O4/c1-21-4-3-5-26(18-21)32-14-16-33(17-15-32)30(37)22-6-8-24(9-7-22)31-29(36)23-19-28(35)34(20-23)25-10-12-27(38-2)13-11-25/h3-13,18,23H,14-17,19-20H2,1-2H3,(H,31,36). The van der Waals surface area contributed by atoms with Gasteiger partial charge in [-0.3, -0.25) is 14.4 Å². The molecule has 0 bridgehead atoms. The summed E-state index contributed by atoms with van der Waals surface area (Å²) in [6.07, 6.45) is 0.156. The van der Waals surface area contributed by atoms with E-state index in [1.165, 1.54) is 11.3 Å². The van der Waals surface area contributed by atoms with Gasteiger partial charge in [0.25, 0.3) is 5.91 Å². The van der Waals surface area contributed by atoms with E-state index in [1.54, 1.807) is 48.4 Å². The van der Waals surface area contributed by atoms with Gasteiger partial charge in [0, 0.05) is 61.8 Å². The number of nitrogens with zero attached hydrogens (tertiary/aromatic N) is 3. The van der Waals surface area contributed by atoms with Gasteiger partial charge in [-0.25, -0.2) is 0 Å². The van der Waals surface area contributed by atoms with Gasteiger partial charge >= 0.3 is 0 Å². The smallest absolute Gasteiger partial charge is 0.253 e. The third kappa shape index (κ3) is 5.49. The van der Waals surface area contributed by atoms with E-state index in [2.05, 4.69) is 41.4 Å². The lowest BCUT2D eigenvalue weighted by molar-refractivity contribution is -0.122. The van der Waals surface area contributed by atoms with Crippen LogP contribution in [0.5, 0.6) is 5.75 Å². The maximum Gasteiger partial charge on any atom is 0.253 e. The Hall–Kier alpha value is -4.33. The van der Waals surface area contributed by atoms with Crippen LogP contribution in [0.4, 0.5) is 17.1 Å². The summed E-state index contributed by atoms with van der Waals surface area (Å²) in [6.45, 7) is 5.30. The summed E-state index contributed by atoms with van der Waals surface area (Å²) in [5, 5.41) is 2.90. The molecule has 3 aromatic rings. The molecule has 2 heterocycles. The molecule has 196 valence electrons. The van der Waals surface area contributed by atoms with Crippen molar-refractivity contribution in [2.24, 2.45) is 5.92 Å². The topological polar surface area (TPSA) is 82.2 Å². The molecule has 3 amide bonds. The Morgan fingerprint density at radius 1 is 0.895 bits per heavy atom. The number of amides is 3. The van der Waals surface area contributed by atoms with Crippen LogP contribution < -0.4 is 19.9 Å². The second-order valence-electron chi connectivity index (χ2n) is 9.79. The van der Waals surface area contributed by atoms with Gasteiger partial charge in [-0.05, 0) is 73.2 Å². The minimum absolute atomic E-state index is 0.0108. The number of piperazine rings is 1. The molecule has 2 aliphatic heterocycles. The lowest BCUT2D eigenvalue weighted by Gasteiger charge is -2.36. The molecule has 1 atom stereocenters. The highest BCUT2D eigenvalue weighted by molar-refractivity contribution is 6.03. The van der Waals surface area contributed by atoms with E-state index in [0.717, 1.165) is 18.8 Å². The number of carbonyl (C=O) groups is 3. The molecule has 5 rings (SSSR count). The van der Waals surface area contributed by atoms with Gasteiger partial charge in [0.15, 0.2) is 0 Å². The molecule has 0 radical (unpaired) electrons. The Morgan fingerprint density at radius 2 is 1.61 bits per heavy atom. The molecule has 38 heavy (non-hydrogen) atoms. The van der Waals surface area contributed by atoms with E-state index >= 15 is 0 Å². The van der Waals surface area contributed by atoms with Crippen molar-refractivity contribution in [2.75, 3.05) is 55.0 Å². The first kappa shape index (κ1) is 25.3. The van der Waals surface area contributed by atoms with Crippen LogP contribution in [0.1, 0.15) is 22.3 Å². The van der Waals surface area contributed by atoms with E-state index in [9.17, 15) is 14.4 Å². The minimum atomic E-state index is -0.449. The van der Waals surface area contributed by atoms with Crippen LogP contribution in [0, 0.1) is 12.8 Å². The lowest BCUT2D eigenvalue weighted by Crippen LogP contribution is -2.48. The number of hydrogen-bond donors (Lipinski definition) is 1. The molecule has 8 nitrogen and oxygen atoms in total. The number of methoxy groups -OCH3 is 1. The van der Waals surface area contributed by atoms with E-state index in [1.807, 2.05) is 17.0 Å². The van der Waals surface area contributed by atoms with Crippen molar-refractivity contribution >= 4 is 34.8 Å². The van der Waals surface area contributed by atoms with Crippen LogP contribution in [0.2, 0.25) is 0 Å². The fourth-order valence-corrected chi connectivity index (χ4v) is 5.01. The van der Waals surface area contributed by atoms with Gasteiger partial charge in [-0.2, -0.15) is 0 Å². The number of hydrogen-bond acceptors (Lipinski definition) is 5. The quantitative estimate of drug-likeness (QED) is 0.541. The van der Waals surface area contributed by atoms with Crippen LogP contribution in [0.15, 0.2) is 72.8 Å². The third-order valence-electron chi connectivity index (χ3n) is 7.21. The van der Waals surface area contributed by atoms with Crippen molar-refractivity contribution in [2.45, 2.75) is 13.3 Å². The summed E-state index contributed by atoms with van der Waals surface area (Å²) in [6, 6.07) is 22.6. The molecule has 3 aromatic carbocycles. The summed E-state index contributed by atoms with van der Waals surface area (Å²) < 4.78 is 5.17. The van der Waals surface area contributed by atoms with Crippen molar-refractivity contribution in [1.82, 2.24) is 4.90 Å². The highest BCUT2D eigenvalue weighted by Crippen LogP contribution is 2.28. The first-order valence-corrected chi connectivity index (χ1v) is 12.9. The molecule has 2 aliphatic rings. The summed E-state index contributed by atoms with van der Waals surface area (Å²) in [5.74, 6) is -0.0421. The number of rotatable bonds is 6. The summed E-state index contributed by atoms with van der Waals surface area (Å²) in [4.78, 5) is 44.3. The lowest BCUT2D eigenvalue weighted by atomic mass is 10.1. The summed E-state index contributed by atoms with van der Waals surface area (Å²) in [5.41, 5.74) is 4.35. The van der Waals surface area contributed by atoms with Crippen molar-refractivity contribution < 1.29 is 19.1 Å². The molecule has 2 fully saturated rings. The Labute approximate surface area is 222 Å². The van der Waals surface area contributed by atoms with Crippen LogP contribution in [-0.4, -0.2) is 62.5 Å². The maximum absolute atomic E-state index is 13.1. The molecular formula is C30H32N4O4. The van der Waals surface area contributed by atoms with Gasteiger partial charge < -0.3 is 24.8 Å². The molecule has 0 aliphatic carbocycles. The summed E-state index contributed by atoms with van der Waals surface area (Å²) >= 11 is 0. The zero-order valence-electron chi connectivity index (χ0n) is 21.7. The fraction of sp³-hybridized carbons (Fsp3) is 0.300. The molecular weight excluding hydrogens is 480 g/mol. The van der Waals surface area contributed by atoms with Crippen molar-refractivity contribution in [3.05, 3.63) is 83.9 Å². The molecule has 0 aromatic heterocycles. The largest absolute Gasteiger partial charge is 0.497 e. The third-order valence-corrected chi connectivity index (χ3v) is 7.21. The van der Waals surface area contributed by atoms with Gasteiger partial charge in [-0.15, -0.1) is 0 Å². The van der Waals surface area contributed by atoms with E-state index < -0.39 is 5.92 Å². The van der Waals surface area contributed by atoms with E-state index in [0.29, 0.717) is 36.6 Å². The summed E-state index contributed by atoms with van der Waals surface area (Å²) in [7, 11) is 1.59. The fourth-order valence-electron chi connectivity index (χ4n) is 5.01. The zero-order valence-corrected chi connectivity index (χ0v) is 21.7. The monoisotopic (exact) mass is 512 g/mol. The van der Waals surface area contributed by atoms with Gasteiger partial charge in [0.05, 0.1) is 13.0 Å².